The molecule has 0 fully saturated rings. The predicted molar refractivity (Wildman–Crippen MR) is 188 cm³/mol. The van der Waals surface area contributed by atoms with E-state index in [9.17, 15) is 25.3 Å². The molecule has 0 aliphatic carbocycles. The highest BCUT2D eigenvalue weighted by molar-refractivity contribution is 8.66. The third-order valence-corrected chi connectivity index (χ3v) is 16.7. The summed E-state index contributed by atoms with van der Waals surface area (Å²) in [7, 11) is -14.9. The summed E-state index contributed by atoms with van der Waals surface area (Å²) in [5.74, 6) is 0. The van der Waals surface area contributed by atoms with E-state index < -0.39 is 34.9 Å². The molecule has 0 bridgehead atoms. The number of hydrogen-bond acceptors (Lipinski definition) is 7. The van der Waals surface area contributed by atoms with Gasteiger partial charge in [-0.25, -0.2) is 0 Å². The van der Waals surface area contributed by atoms with E-state index in [2.05, 4.69) is 13.8 Å². The van der Waals surface area contributed by atoms with E-state index in [1.807, 2.05) is 0 Å². The van der Waals surface area contributed by atoms with Crippen LogP contribution in [0.1, 0.15) is 163 Å². The van der Waals surface area contributed by atoms with Crippen LogP contribution in [0.5, 0.6) is 0 Å². The van der Waals surface area contributed by atoms with E-state index in [4.69, 9.17) is 4.74 Å². The Morgan fingerprint density at radius 1 is 0.400 bits per heavy atom. The molecule has 13 heteroatoms. The van der Waals surface area contributed by atoms with Crippen molar-refractivity contribution < 1.29 is 30.0 Å². The van der Waals surface area contributed by atoms with Gasteiger partial charge in [0.15, 0.2) is 0 Å². The van der Waals surface area contributed by atoms with Gasteiger partial charge in [-0.1, -0.05) is 154 Å². The second-order valence-corrected chi connectivity index (χ2v) is 19.3. The Hall–Kier alpha value is -0.310. The van der Waals surface area contributed by atoms with Crippen molar-refractivity contribution in [3.05, 3.63) is 0 Å². The monoisotopic (exact) mass is 703 g/mol. The standard InChI is InChI=1S/C32H69N3O7S3/c1-6-11-13-15-17-19-21-23-25-27-29-34(10-5)43(36,37)35(45(40,41)44(38,39)33(8-3)9-4)30-32-42-31-28-26-24-22-20-18-16-14-12-7-2/h6-32H2,1-5H3. The maximum Gasteiger partial charge on any atom is 0.348 e. The minimum absolute atomic E-state index is 0.0383. The van der Waals surface area contributed by atoms with Crippen LogP contribution in [0.15, 0.2) is 0 Å². The van der Waals surface area contributed by atoms with Gasteiger partial charge < -0.3 is 4.74 Å². The zero-order valence-corrected chi connectivity index (χ0v) is 32.0. The Labute approximate surface area is 278 Å². The summed E-state index contributed by atoms with van der Waals surface area (Å²) in [4.78, 5) is 0. The molecule has 272 valence electrons. The molecule has 10 nitrogen and oxygen atoms in total. The van der Waals surface area contributed by atoms with Gasteiger partial charge in [0.2, 0.25) is 0 Å². The first-order valence-corrected chi connectivity index (χ1v) is 22.9. The van der Waals surface area contributed by atoms with Crippen LogP contribution in [0.2, 0.25) is 0 Å². The first-order chi connectivity index (χ1) is 21.5. The van der Waals surface area contributed by atoms with Crippen molar-refractivity contribution in [2.24, 2.45) is 0 Å². The Morgan fingerprint density at radius 3 is 1.18 bits per heavy atom. The topological polar surface area (TPSA) is 121 Å². The highest BCUT2D eigenvalue weighted by atomic mass is 33.2. The van der Waals surface area contributed by atoms with Crippen molar-refractivity contribution in [3.63, 3.8) is 0 Å². The minimum atomic E-state index is -5.28. The van der Waals surface area contributed by atoms with Crippen LogP contribution in [0.3, 0.4) is 0 Å². The fourth-order valence-electron chi connectivity index (χ4n) is 5.39. The summed E-state index contributed by atoms with van der Waals surface area (Å²) < 4.78 is 88.4. The van der Waals surface area contributed by atoms with Gasteiger partial charge in [-0.2, -0.15) is 33.9 Å². The maximum atomic E-state index is 13.7. The normalized spacial score (nSPS) is 13.1. The first-order valence-electron chi connectivity index (χ1n) is 18.1. The minimum Gasteiger partial charge on any atom is -0.380 e. The van der Waals surface area contributed by atoms with E-state index in [1.54, 1.807) is 6.92 Å². The molecule has 0 aromatic heterocycles. The molecule has 0 aromatic carbocycles. The van der Waals surface area contributed by atoms with E-state index in [1.165, 1.54) is 90.9 Å². The second-order valence-electron chi connectivity index (χ2n) is 12.0. The van der Waals surface area contributed by atoms with Crippen LogP contribution in [0, 0.1) is 0 Å². The third-order valence-electron chi connectivity index (χ3n) is 8.30. The van der Waals surface area contributed by atoms with Crippen molar-refractivity contribution in [1.82, 2.24) is 12.3 Å². The zero-order valence-electron chi connectivity index (χ0n) is 29.5. The molecular weight excluding hydrogens is 635 g/mol. The molecule has 0 aliphatic heterocycles. The number of rotatable bonds is 33. The zero-order chi connectivity index (χ0) is 34.0. The summed E-state index contributed by atoms with van der Waals surface area (Å²) in [5, 5.41) is 0. The van der Waals surface area contributed by atoms with Crippen LogP contribution in [0.4, 0.5) is 0 Å². The molecule has 45 heavy (non-hydrogen) atoms. The summed E-state index contributed by atoms with van der Waals surface area (Å²) in [6, 6.07) is 0. The quantitative estimate of drug-likeness (QED) is 0.0509. The van der Waals surface area contributed by atoms with Crippen LogP contribution in [0.25, 0.3) is 0 Å². The molecule has 0 saturated heterocycles. The van der Waals surface area contributed by atoms with Gasteiger partial charge in [0.1, 0.15) is 0 Å². The summed E-state index contributed by atoms with van der Waals surface area (Å²) in [6.07, 6.45) is 22.5. The van der Waals surface area contributed by atoms with Crippen molar-refractivity contribution in [2.75, 3.05) is 45.9 Å². The average Bonchev–Trinajstić information content (AvgIpc) is 3.00. The lowest BCUT2D eigenvalue weighted by Crippen LogP contribution is -2.52. The van der Waals surface area contributed by atoms with Crippen molar-refractivity contribution in [3.8, 4) is 0 Å². The highest BCUT2D eigenvalue weighted by Gasteiger charge is 2.47. The van der Waals surface area contributed by atoms with Gasteiger partial charge in [-0.05, 0) is 12.8 Å². The molecular formula is C32H69N3O7S3. The number of unbranched alkanes of at least 4 members (excludes halogenated alkanes) is 18. The average molecular weight is 704 g/mol. The largest absolute Gasteiger partial charge is 0.380 e. The van der Waals surface area contributed by atoms with E-state index in [-0.39, 0.29) is 36.5 Å². The fourth-order valence-corrected chi connectivity index (χ4v) is 12.9. The Kier molecular flexibility index (Phi) is 26.4. The molecule has 0 aliphatic rings. The fraction of sp³-hybridized carbons (Fsp3) is 1.00. The molecule has 0 amide bonds. The van der Waals surface area contributed by atoms with E-state index in [0.29, 0.717) is 13.0 Å². The third kappa shape index (κ3) is 17.6. The van der Waals surface area contributed by atoms with Gasteiger partial charge in [-0.15, -0.1) is 0 Å². The van der Waals surface area contributed by atoms with Crippen LogP contribution >= 0.6 is 0 Å². The van der Waals surface area contributed by atoms with Crippen molar-refractivity contribution in [1.29, 1.82) is 0 Å². The SMILES string of the molecule is CCCCCCCCCCCCOCCN(S(=O)(=O)N(CC)CCCCCCCCCCCC)S(=O)(=O)S(=O)(=O)N(CC)CC. The van der Waals surface area contributed by atoms with Gasteiger partial charge in [0.05, 0.1) is 13.2 Å². The lowest BCUT2D eigenvalue weighted by Gasteiger charge is -2.30. The Balaban J connectivity index is 5.15. The molecule has 0 atom stereocenters. The summed E-state index contributed by atoms with van der Waals surface area (Å²) in [5.41, 5.74) is 0. The maximum absolute atomic E-state index is 13.7. The predicted octanol–water partition coefficient (Wildman–Crippen LogP) is 7.63. The number of hydrogen-bond donors (Lipinski definition) is 0. The lowest BCUT2D eigenvalue weighted by molar-refractivity contribution is 0.127. The molecule has 0 heterocycles. The first kappa shape index (κ1) is 44.7. The number of nitrogens with zero attached hydrogens (tertiary/aromatic N) is 3. The van der Waals surface area contributed by atoms with Gasteiger partial charge in [0.25, 0.3) is 10.2 Å². The van der Waals surface area contributed by atoms with Gasteiger partial charge in [0, 0.05) is 32.8 Å². The molecule has 0 spiro atoms. The molecule has 0 N–H and O–H groups in total. The van der Waals surface area contributed by atoms with Crippen LogP contribution in [-0.4, -0.2) is 83.5 Å². The van der Waals surface area contributed by atoms with Crippen LogP contribution < -0.4 is 0 Å². The second kappa shape index (κ2) is 26.6. The lowest BCUT2D eigenvalue weighted by atomic mass is 10.1. The molecule has 0 rings (SSSR count). The Bertz CT molecular complexity index is 1020. The molecule has 0 radical (unpaired) electrons. The molecule has 0 saturated carbocycles. The summed E-state index contributed by atoms with van der Waals surface area (Å²) >= 11 is 0. The molecule has 0 aromatic rings. The van der Waals surface area contributed by atoms with Crippen molar-refractivity contribution in [2.45, 2.75) is 163 Å². The van der Waals surface area contributed by atoms with Crippen LogP contribution in [-0.2, 0) is 33.1 Å². The number of ether oxygens (including phenoxy) is 1. The highest BCUT2D eigenvalue weighted by Crippen LogP contribution is 2.22. The molecule has 0 unspecified atom stereocenters. The van der Waals surface area contributed by atoms with E-state index >= 15 is 0 Å². The van der Waals surface area contributed by atoms with Crippen molar-refractivity contribution >= 4 is 28.3 Å². The van der Waals surface area contributed by atoms with Gasteiger partial charge in [-0.3, -0.25) is 0 Å². The van der Waals surface area contributed by atoms with E-state index in [0.717, 1.165) is 53.6 Å². The Morgan fingerprint density at radius 2 is 0.778 bits per heavy atom. The smallest absolute Gasteiger partial charge is 0.348 e. The van der Waals surface area contributed by atoms with Gasteiger partial charge >= 0.3 is 18.1 Å². The summed E-state index contributed by atoms with van der Waals surface area (Å²) in [6.45, 7) is 8.66.